The van der Waals surface area contributed by atoms with Crippen molar-refractivity contribution in [2.75, 3.05) is 13.2 Å². The van der Waals surface area contributed by atoms with E-state index in [9.17, 15) is 18.0 Å². The van der Waals surface area contributed by atoms with E-state index < -0.39 is 26.2 Å². The van der Waals surface area contributed by atoms with Crippen molar-refractivity contribution in [3.8, 4) is 0 Å². The van der Waals surface area contributed by atoms with Crippen molar-refractivity contribution in [2.24, 2.45) is 0 Å². The largest absolute Gasteiger partial charge is 0.377 e. The van der Waals surface area contributed by atoms with E-state index in [2.05, 4.69) is 9.71 Å². The van der Waals surface area contributed by atoms with Crippen molar-refractivity contribution in [2.45, 2.75) is 30.8 Å². The highest BCUT2D eigenvalue weighted by molar-refractivity contribution is 7.89. The Bertz CT molecular complexity index is 669. The Kier molecular flexibility index (Phi) is 3.88. The van der Waals surface area contributed by atoms with E-state index in [1.54, 1.807) is 0 Å². The van der Waals surface area contributed by atoms with Crippen molar-refractivity contribution in [1.29, 1.82) is 0 Å². The summed E-state index contributed by atoms with van der Waals surface area (Å²) < 4.78 is 31.7. The molecule has 0 unspecified atom stereocenters. The van der Waals surface area contributed by atoms with E-state index in [1.807, 2.05) is 4.98 Å². The van der Waals surface area contributed by atoms with Crippen LogP contribution in [0, 0.1) is 6.92 Å². The summed E-state index contributed by atoms with van der Waals surface area (Å²) in [6.45, 7) is 2.09. The van der Waals surface area contributed by atoms with Gasteiger partial charge in [0.15, 0.2) is 4.90 Å². The van der Waals surface area contributed by atoms with Crippen molar-refractivity contribution in [1.82, 2.24) is 14.7 Å². The zero-order valence-electron chi connectivity index (χ0n) is 10.4. The number of aryl methyl sites for hydroxylation is 1. The summed E-state index contributed by atoms with van der Waals surface area (Å²) in [5.74, 6) is 0. The Morgan fingerprint density at radius 2 is 2.11 bits per heavy atom. The van der Waals surface area contributed by atoms with Crippen molar-refractivity contribution >= 4 is 10.0 Å². The maximum Gasteiger partial charge on any atom is 0.325 e. The molecule has 1 aromatic heterocycles. The molecule has 0 amide bonds. The van der Waals surface area contributed by atoms with Gasteiger partial charge in [-0.1, -0.05) is 0 Å². The molecule has 1 fully saturated rings. The van der Waals surface area contributed by atoms with Crippen LogP contribution in [0.3, 0.4) is 0 Å². The molecule has 19 heavy (non-hydrogen) atoms. The Morgan fingerprint density at radius 1 is 1.37 bits per heavy atom. The molecule has 2 rings (SSSR count). The van der Waals surface area contributed by atoms with E-state index >= 15 is 0 Å². The molecule has 0 aromatic carbocycles. The lowest BCUT2D eigenvalue weighted by Gasteiger charge is -2.11. The normalized spacial score (nSPS) is 19.7. The fraction of sp³-hybridized carbons (Fsp3) is 0.600. The molecule has 9 heteroatoms. The highest BCUT2D eigenvalue weighted by Gasteiger charge is 2.24. The summed E-state index contributed by atoms with van der Waals surface area (Å²) in [5, 5.41) is 0. The van der Waals surface area contributed by atoms with Gasteiger partial charge < -0.3 is 9.72 Å². The Labute approximate surface area is 109 Å². The lowest BCUT2D eigenvalue weighted by molar-refractivity contribution is 0.114. The average Bonchev–Trinajstić information content (AvgIpc) is 2.77. The maximum atomic E-state index is 12.0. The molecule has 1 aliphatic rings. The Morgan fingerprint density at radius 3 is 2.68 bits per heavy atom. The third-order valence-corrected chi connectivity index (χ3v) is 4.44. The van der Waals surface area contributed by atoms with E-state index in [0.29, 0.717) is 6.61 Å². The molecule has 2 heterocycles. The molecule has 1 aliphatic heterocycles. The zero-order valence-corrected chi connectivity index (χ0v) is 11.2. The summed E-state index contributed by atoms with van der Waals surface area (Å²) >= 11 is 0. The number of ether oxygens (including phenoxy) is 1. The molecule has 0 radical (unpaired) electrons. The quantitative estimate of drug-likeness (QED) is 0.645. The van der Waals surface area contributed by atoms with Crippen molar-refractivity contribution < 1.29 is 13.2 Å². The number of aromatic nitrogens is 2. The number of rotatable bonds is 4. The van der Waals surface area contributed by atoms with Crippen LogP contribution in [0.25, 0.3) is 0 Å². The highest BCUT2D eigenvalue weighted by Crippen LogP contribution is 2.12. The molecule has 0 bridgehead atoms. The smallest absolute Gasteiger partial charge is 0.325 e. The van der Waals surface area contributed by atoms with Crippen LogP contribution in [0.1, 0.15) is 18.5 Å². The number of H-pyrrole nitrogens is 2. The SMILES string of the molecule is Cc1[nH]c(=O)[nH]c(=O)c1S(=O)(=O)NC[C@H]1CCCO1. The second-order valence-electron chi connectivity index (χ2n) is 4.35. The van der Waals surface area contributed by atoms with Gasteiger partial charge in [-0.3, -0.25) is 9.78 Å². The van der Waals surface area contributed by atoms with E-state index in [0.717, 1.165) is 12.8 Å². The van der Waals surface area contributed by atoms with Gasteiger partial charge in [0.25, 0.3) is 5.56 Å². The summed E-state index contributed by atoms with van der Waals surface area (Å²) in [5.41, 5.74) is -1.66. The molecule has 1 aromatic rings. The minimum absolute atomic E-state index is 0.00795. The zero-order chi connectivity index (χ0) is 14.0. The number of aromatic amines is 2. The third kappa shape index (κ3) is 3.11. The molecule has 0 spiro atoms. The van der Waals surface area contributed by atoms with E-state index in [1.165, 1.54) is 6.92 Å². The molecule has 0 saturated carbocycles. The molecular weight excluding hydrogens is 274 g/mol. The predicted octanol–water partition coefficient (Wildman–Crippen LogP) is -1.17. The second kappa shape index (κ2) is 5.27. The van der Waals surface area contributed by atoms with Crippen LogP contribution in [-0.4, -0.2) is 37.6 Å². The van der Waals surface area contributed by atoms with Crippen molar-refractivity contribution in [3.63, 3.8) is 0 Å². The molecule has 0 aliphatic carbocycles. The fourth-order valence-corrected chi connectivity index (χ4v) is 3.29. The number of hydrogen-bond acceptors (Lipinski definition) is 5. The van der Waals surface area contributed by atoms with E-state index in [-0.39, 0.29) is 18.3 Å². The lowest BCUT2D eigenvalue weighted by atomic mass is 10.2. The fourth-order valence-electron chi connectivity index (χ4n) is 1.99. The minimum Gasteiger partial charge on any atom is -0.377 e. The van der Waals surface area contributed by atoms with Crippen LogP contribution in [0.2, 0.25) is 0 Å². The Hall–Kier alpha value is -1.45. The molecule has 1 saturated heterocycles. The van der Waals surface area contributed by atoms with Gasteiger partial charge in [0.05, 0.1) is 6.10 Å². The van der Waals surface area contributed by atoms with Crippen LogP contribution in [-0.2, 0) is 14.8 Å². The molecule has 8 nitrogen and oxygen atoms in total. The van der Waals surface area contributed by atoms with Gasteiger partial charge >= 0.3 is 5.69 Å². The van der Waals surface area contributed by atoms with Crippen LogP contribution in [0.4, 0.5) is 0 Å². The van der Waals surface area contributed by atoms with Crippen LogP contribution in [0.15, 0.2) is 14.5 Å². The first-order chi connectivity index (χ1) is 8.90. The predicted molar refractivity (Wildman–Crippen MR) is 66.6 cm³/mol. The number of hydrogen-bond donors (Lipinski definition) is 3. The molecular formula is C10H15N3O5S. The van der Waals surface area contributed by atoms with Crippen molar-refractivity contribution in [3.05, 3.63) is 26.5 Å². The van der Waals surface area contributed by atoms with E-state index in [4.69, 9.17) is 4.74 Å². The maximum absolute atomic E-state index is 12.0. The number of nitrogens with one attached hydrogen (secondary N) is 3. The average molecular weight is 289 g/mol. The second-order valence-corrected chi connectivity index (χ2v) is 6.05. The molecule has 3 N–H and O–H groups in total. The van der Waals surface area contributed by atoms with Gasteiger partial charge in [0.2, 0.25) is 10.0 Å². The molecule has 106 valence electrons. The summed E-state index contributed by atoms with van der Waals surface area (Å²) in [6, 6.07) is 0. The van der Waals surface area contributed by atoms with Gasteiger partial charge in [-0.25, -0.2) is 17.9 Å². The van der Waals surface area contributed by atoms with Gasteiger partial charge in [-0.15, -0.1) is 0 Å². The van der Waals surface area contributed by atoms with Gasteiger partial charge in [0.1, 0.15) is 0 Å². The first-order valence-corrected chi connectivity index (χ1v) is 7.33. The first-order valence-electron chi connectivity index (χ1n) is 5.84. The minimum atomic E-state index is -3.97. The summed E-state index contributed by atoms with van der Waals surface area (Å²) in [4.78, 5) is 26.3. The van der Waals surface area contributed by atoms with Crippen LogP contribution >= 0.6 is 0 Å². The summed E-state index contributed by atoms with van der Waals surface area (Å²) in [6.07, 6.45) is 1.51. The first kappa shape index (κ1) is 14.0. The highest BCUT2D eigenvalue weighted by atomic mass is 32.2. The molecule has 1 atom stereocenters. The third-order valence-electron chi connectivity index (χ3n) is 2.87. The van der Waals surface area contributed by atoms with Crippen LogP contribution < -0.4 is 16.0 Å². The van der Waals surface area contributed by atoms with Crippen LogP contribution in [0.5, 0.6) is 0 Å². The Balaban J connectivity index is 2.24. The van der Waals surface area contributed by atoms with Gasteiger partial charge in [-0.05, 0) is 19.8 Å². The van der Waals surface area contributed by atoms with Gasteiger partial charge in [-0.2, -0.15) is 0 Å². The van der Waals surface area contributed by atoms with Gasteiger partial charge in [0, 0.05) is 18.8 Å². The topological polar surface area (TPSA) is 121 Å². The standard InChI is InChI=1S/C10H15N3O5S/c1-6-8(9(14)13-10(15)12-6)19(16,17)11-5-7-3-2-4-18-7/h7,11H,2-5H2,1H3,(H2,12,13,14,15)/t7-/m1/s1. The number of sulfonamides is 1. The monoisotopic (exact) mass is 289 g/mol. The lowest BCUT2D eigenvalue weighted by Crippen LogP contribution is -2.37. The summed E-state index contributed by atoms with van der Waals surface area (Å²) in [7, 11) is -3.97.